The van der Waals surface area contributed by atoms with Crippen LogP contribution < -0.4 is 10.0 Å². The fourth-order valence-corrected chi connectivity index (χ4v) is 5.07. The molecule has 0 aliphatic rings. The number of hydrogen-bond donors (Lipinski definition) is 2. The van der Waals surface area contributed by atoms with Gasteiger partial charge in [-0.25, -0.2) is 4.98 Å². The predicted molar refractivity (Wildman–Crippen MR) is 122 cm³/mol. The van der Waals surface area contributed by atoms with E-state index in [2.05, 4.69) is 19.4 Å². The molecule has 0 fully saturated rings. The Morgan fingerprint density at radius 3 is 2.55 bits per heavy atom. The summed E-state index contributed by atoms with van der Waals surface area (Å²) in [6, 6.07) is 13.0. The van der Waals surface area contributed by atoms with E-state index in [1.807, 2.05) is 0 Å². The first-order valence-corrected chi connectivity index (χ1v) is 11.9. The average Bonchev–Trinajstić information content (AvgIpc) is 3.22. The van der Waals surface area contributed by atoms with E-state index in [1.165, 1.54) is 30.6 Å². The molecule has 0 radical (unpaired) electrons. The van der Waals surface area contributed by atoms with Crippen molar-refractivity contribution in [3.63, 3.8) is 0 Å². The van der Waals surface area contributed by atoms with Crippen LogP contribution in [-0.4, -0.2) is 23.7 Å². The minimum atomic E-state index is -4.10. The molecule has 11 heteroatoms. The molecular weight excluding hydrogens is 479 g/mol. The van der Waals surface area contributed by atoms with Crippen molar-refractivity contribution in [1.29, 1.82) is 0 Å². The number of benzene rings is 2. The van der Waals surface area contributed by atoms with Crippen molar-refractivity contribution in [2.45, 2.75) is 11.6 Å². The molecule has 31 heavy (non-hydrogen) atoms. The highest BCUT2D eigenvalue weighted by atomic mass is 35.5. The molecule has 0 aliphatic heterocycles. The first kappa shape index (κ1) is 21.5. The van der Waals surface area contributed by atoms with Gasteiger partial charge in [0.05, 0.1) is 27.5 Å². The largest absolute Gasteiger partial charge is 0.348 e. The number of pyridine rings is 1. The lowest BCUT2D eigenvalue weighted by Gasteiger charge is -2.13. The van der Waals surface area contributed by atoms with Gasteiger partial charge in [-0.2, -0.15) is 12.8 Å². The first-order chi connectivity index (χ1) is 14.8. The molecule has 0 aliphatic carbocycles. The van der Waals surface area contributed by atoms with Crippen molar-refractivity contribution >= 4 is 66.4 Å². The van der Waals surface area contributed by atoms with Crippen LogP contribution in [-0.2, 0) is 16.6 Å². The van der Waals surface area contributed by atoms with Gasteiger partial charge in [0, 0.05) is 22.8 Å². The van der Waals surface area contributed by atoms with E-state index in [9.17, 15) is 13.2 Å². The average molecular weight is 493 g/mol. The molecular formula is C20H14Cl2N4O3S2. The summed E-state index contributed by atoms with van der Waals surface area (Å²) in [5.41, 5.74) is 1.01. The van der Waals surface area contributed by atoms with Crippen LogP contribution in [0.3, 0.4) is 0 Å². The lowest BCUT2D eigenvalue weighted by Crippen LogP contribution is -2.25. The van der Waals surface area contributed by atoms with Crippen molar-refractivity contribution in [1.82, 2.24) is 14.7 Å². The van der Waals surface area contributed by atoms with Gasteiger partial charge in [0.15, 0.2) is 5.03 Å². The Hall–Kier alpha value is -2.72. The summed E-state index contributed by atoms with van der Waals surface area (Å²) >= 11 is 13.1. The molecule has 158 valence electrons. The number of amides is 1. The molecule has 4 rings (SSSR count). The maximum Gasteiger partial charge on any atom is 0.280 e. The summed E-state index contributed by atoms with van der Waals surface area (Å²) < 4.78 is 33.2. The van der Waals surface area contributed by atoms with E-state index in [0.29, 0.717) is 15.1 Å². The number of aromatic nitrogens is 2. The zero-order valence-corrected chi connectivity index (χ0v) is 18.8. The van der Waals surface area contributed by atoms with Crippen molar-refractivity contribution in [3.05, 3.63) is 82.1 Å². The number of nitrogens with one attached hydrogen (secondary N) is 2. The Morgan fingerprint density at radius 1 is 1.03 bits per heavy atom. The highest BCUT2D eigenvalue weighted by Crippen LogP contribution is 2.28. The van der Waals surface area contributed by atoms with Crippen LogP contribution in [0.15, 0.2) is 66.0 Å². The Bertz CT molecular complexity index is 1370. The van der Waals surface area contributed by atoms with E-state index in [-0.39, 0.29) is 27.8 Å². The van der Waals surface area contributed by atoms with Crippen molar-refractivity contribution in [2.75, 3.05) is 4.72 Å². The third-order valence-electron chi connectivity index (χ3n) is 4.34. The second-order valence-electron chi connectivity index (χ2n) is 6.46. The molecule has 0 spiro atoms. The van der Waals surface area contributed by atoms with Gasteiger partial charge in [-0.05, 0) is 53.5 Å². The zero-order valence-electron chi connectivity index (χ0n) is 15.7. The minimum Gasteiger partial charge on any atom is -0.348 e. The molecule has 0 bridgehead atoms. The number of hydrogen-bond acceptors (Lipinski definition) is 6. The molecule has 0 atom stereocenters. The van der Waals surface area contributed by atoms with Crippen molar-refractivity contribution in [3.8, 4) is 0 Å². The first-order valence-electron chi connectivity index (χ1n) is 8.88. The minimum absolute atomic E-state index is 0.0445. The normalized spacial score (nSPS) is 11.4. The van der Waals surface area contributed by atoms with Gasteiger partial charge in [-0.3, -0.25) is 9.52 Å². The van der Waals surface area contributed by atoms with E-state index in [0.717, 1.165) is 17.1 Å². The summed E-state index contributed by atoms with van der Waals surface area (Å²) in [6.45, 7) is 0.242. The molecule has 7 nitrogen and oxygen atoms in total. The fourth-order valence-electron chi connectivity index (χ4n) is 2.86. The topological polar surface area (TPSA) is 101 Å². The molecule has 0 saturated heterocycles. The van der Waals surface area contributed by atoms with Crippen molar-refractivity contribution < 1.29 is 13.2 Å². The van der Waals surface area contributed by atoms with Gasteiger partial charge >= 0.3 is 0 Å². The standard InChI is InChI=1S/C20H14Cl2N4O3S2/c21-13-3-1-12(2-4-13)10-24-19(27)15-6-5-14(22)9-17(15)26-31(28,29)20-16-11-25-30-18(16)7-8-23-20/h1-9,11,26H,10H2,(H,24,27). The summed E-state index contributed by atoms with van der Waals surface area (Å²) in [5, 5.41) is 3.85. The molecule has 0 unspecified atom stereocenters. The number of fused-ring (bicyclic) bond motifs is 1. The number of halogens is 2. The molecule has 2 heterocycles. The van der Waals surface area contributed by atoms with Gasteiger partial charge in [0.2, 0.25) is 0 Å². The van der Waals surface area contributed by atoms with E-state index in [1.54, 1.807) is 30.3 Å². The Balaban J connectivity index is 1.61. The van der Waals surface area contributed by atoms with Gasteiger partial charge in [0.25, 0.3) is 15.9 Å². The van der Waals surface area contributed by atoms with Crippen LogP contribution >= 0.6 is 34.7 Å². The number of carbonyl (C=O) groups excluding carboxylic acids is 1. The molecule has 4 aromatic rings. The van der Waals surface area contributed by atoms with E-state index < -0.39 is 15.9 Å². The molecule has 2 aromatic heterocycles. The summed E-state index contributed by atoms with van der Waals surface area (Å²) in [7, 11) is -4.10. The van der Waals surface area contributed by atoms with E-state index >= 15 is 0 Å². The summed E-state index contributed by atoms with van der Waals surface area (Å²) in [5.74, 6) is -0.465. The van der Waals surface area contributed by atoms with Crippen LogP contribution in [0.4, 0.5) is 5.69 Å². The third-order valence-corrected chi connectivity index (χ3v) is 6.91. The number of rotatable bonds is 6. The molecule has 2 aromatic carbocycles. The second kappa shape index (κ2) is 8.80. The van der Waals surface area contributed by atoms with Crippen LogP contribution in [0.5, 0.6) is 0 Å². The Morgan fingerprint density at radius 2 is 1.77 bits per heavy atom. The predicted octanol–water partition coefficient (Wildman–Crippen LogP) is 4.73. The third kappa shape index (κ3) is 4.80. The fraction of sp³-hybridized carbons (Fsp3) is 0.0500. The monoisotopic (exact) mass is 492 g/mol. The van der Waals surface area contributed by atoms with E-state index in [4.69, 9.17) is 23.2 Å². The second-order valence-corrected chi connectivity index (χ2v) is 9.76. The van der Waals surface area contributed by atoms with Crippen molar-refractivity contribution in [2.24, 2.45) is 0 Å². The zero-order chi connectivity index (χ0) is 22.0. The quantitative estimate of drug-likeness (QED) is 0.405. The highest BCUT2D eigenvalue weighted by molar-refractivity contribution is 7.92. The lowest BCUT2D eigenvalue weighted by molar-refractivity contribution is 0.0952. The Kier molecular flexibility index (Phi) is 6.10. The van der Waals surface area contributed by atoms with Crippen LogP contribution in [0.25, 0.3) is 10.1 Å². The maximum atomic E-state index is 13.0. The maximum absolute atomic E-state index is 13.0. The van der Waals surface area contributed by atoms with Gasteiger partial charge < -0.3 is 5.32 Å². The van der Waals surface area contributed by atoms with Gasteiger partial charge in [-0.1, -0.05) is 35.3 Å². The molecule has 0 saturated carbocycles. The molecule has 2 N–H and O–H groups in total. The summed E-state index contributed by atoms with van der Waals surface area (Å²) in [6.07, 6.45) is 2.84. The number of anilines is 1. The van der Waals surface area contributed by atoms with Crippen LogP contribution in [0.2, 0.25) is 10.0 Å². The number of carbonyl (C=O) groups is 1. The highest BCUT2D eigenvalue weighted by Gasteiger charge is 2.23. The number of sulfonamides is 1. The van der Waals surface area contributed by atoms with Gasteiger partial charge in [0.1, 0.15) is 0 Å². The lowest BCUT2D eigenvalue weighted by atomic mass is 10.1. The smallest absolute Gasteiger partial charge is 0.280 e. The number of nitrogens with zero attached hydrogens (tertiary/aromatic N) is 2. The molecule has 1 amide bonds. The van der Waals surface area contributed by atoms with Gasteiger partial charge in [-0.15, -0.1) is 0 Å². The summed E-state index contributed by atoms with van der Waals surface area (Å²) in [4.78, 5) is 16.8. The van der Waals surface area contributed by atoms with Crippen LogP contribution in [0, 0.1) is 0 Å². The van der Waals surface area contributed by atoms with Crippen LogP contribution in [0.1, 0.15) is 15.9 Å². The SMILES string of the molecule is O=C(NCc1ccc(Cl)cc1)c1ccc(Cl)cc1NS(=O)(=O)c1nccc2sncc12. The Labute approximate surface area is 192 Å².